The van der Waals surface area contributed by atoms with Crippen molar-refractivity contribution in [2.45, 2.75) is 13.8 Å². The molecule has 0 aliphatic carbocycles. The van der Waals surface area contributed by atoms with Gasteiger partial charge in [0.15, 0.2) is 5.78 Å². The van der Waals surface area contributed by atoms with E-state index in [0.717, 1.165) is 23.2 Å². The molecule has 0 saturated heterocycles. The summed E-state index contributed by atoms with van der Waals surface area (Å²) in [6.07, 6.45) is 0. The summed E-state index contributed by atoms with van der Waals surface area (Å²) in [5, 5.41) is 0. The molecule has 0 atom stereocenters. The van der Waals surface area contributed by atoms with E-state index in [1.807, 2.05) is 26.0 Å². The first kappa shape index (κ1) is 15.7. The predicted molar refractivity (Wildman–Crippen MR) is 87.5 cm³/mol. The Morgan fingerprint density at radius 1 is 1.10 bits per heavy atom. The minimum absolute atomic E-state index is 0.101. The number of nitrogens with zero attached hydrogens (tertiary/aromatic N) is 1. The number of benzene rings is 2. The molecule has 110 valence electrons. The van der Waals surface area contributed by atoms with Crippen LogP contribution in [0.15, 0.2) is 46.9 Å². The van der Waals surface area contributed by atoms with Crippen LogP contribution in [-0.4, -0.2) is 18.9 Å². The fourth-order valence-corrected chi connectivity index (χ4v) is 2.68. The Labute approximate surface area is 132 Å². The summed E-state index contributed by atoms with van der Waals surface area (Å²) in [5.74, 6) is -0.788. The summed E-state index contributed by atoms with van der Waals surface area (Å²) in [4.78, 5) is 14.8. The highest BCUT2D eigenvalue weighted by molar-refractivity contribution is 9.10. The number of anilines is 1. The number of hydrogen-bond acceptors (Lipinski definition) is 2. The molecular formula is C17H17BrFNO. The number of carbonyl (C=O) groups is 1. The lowest BCUT2D eigenvalue weighted by Crippen LogP contribution is -2.24. The van der Waals surface area contributed by atoms with E-state index in [0.29, 0.717) is 5.56 Å². The first-order valence-corrected chi connectivity index (χ1v) is 7.71. The minimum atomic E-state index is -0.493. The van der Waals surface area contributed by atoms with Gasteiger partial charge in [-0.05, 0) is 44.2 Å². The van der Waals surface area contributed by atoms with Gasteiger partial charge in [0.05, 0.1) is 5.56 Å². The Morgan fingerprint density at radius 3 is 2.38 bits per heavy atom. The van der Waals surface area contributed by atoms with Crippen LogP contribution in [0.2, 0.25) is 0 Å². The monoisotopic (exact) mass is 349 g/mol. The van der Waals surface area contributed by atoms with Gasteiger partial charge in [-0.25, -0.2) is 4.39 Å². The number of halogens is 2. The van der Waals surface area contributed by atoms with Crippen LogP contribution >= 0.6 is 15.9 Å². The second-order valence-electron chi connectivity index (χ2n) is 4.64. The van der Waals surface area contributed by atoms with Gasteiger partial charge in [-0.2, -0.15) is 0 Å². The van der Waals surface area contributed by atoms with Gasteiger partial charge < -0.3 is 4.90 Å². The van der Waals surface area contributed by atoms with Gasteiger partial charge in [0.25, 0.3) is 0 Å². The van der Waals surface area contributed by atoms with Gasteiger partial charge in [-0.15, -0.1) is 0 Å². The molecule has 0 unspecified atom stereocenters. The maximum atomic E-state index is 13.9. The van der Waals surface area contributed by atoms with E-state index in [1.165, 1.54) is 12.1 Å². The van der Waals surface area contributed by atoms with Gasteiger partial charge in [-0.3, -0.25) is 4.79 Å². The van der Waals surface area contributed by atoms with Crippen molar-refractivity contribution in [1.82, 2.24) is 0 Å². The molecule has 0 aromatic heterocycles. The number of ketones is 1. The lowest BCUT2D eigenvalue weighted by atomic mass is 10.0. The molecule has 0 amide bonds. The van der Waals surface area contributed by atoms with Crippen LogP contribution in [-0.2, 0) is 0 Å². The SMILES string of the molecule is CCN(CC)c1ccc(Br)cc1C(=O)c1ccccc1F. The van der Waals surface area contributed by atoms with Crippen LogP contribution in [0.1, 0.15) is 29.8 Å². The quantitative estimate of drug-likeness (QED) is 0.731. The Kier molecular flexibility index (Phi) is 5.12. The van der Waals surface area contributed by atoms with Crippen LogP contribution in [0.3, 0.4) is 0 Å². The maximum Gasteiger partial charge on any atom is 0.198 e. The molecule has 21 heavy (non-hydrogen) atoms. The van der Waals surface area contributed by atoms with E-state index in [1.54, 1.807) is 18.2 Å². The highest BCUT2D eigenvalue weighted by Gasteiger charge is 2.19. The second-order valence-corrected chi connectivity index (χ2v) is 5.56. The van der Waals surface area contributed by atoms with Crippen molar-refractivity contribution in [3.63, 3.8) is 0 Å². The summed E-state index contributed by atoms with van der Waals surface area (Å²) in [7, 11) is 0. The Bertz CT molecular complexity index is 653. The molecule has 0 aliphatic rings. The Hall–Kier alpha value is -1.68. The summed E-state index contributed by atoms with van der Waals surface area (Å²) in [5.41, 5.74) is 1.44. The van der Waals surface area contributed by atoms with Crippen molar-refractivity contribution in [1.29, 1.82) is 0 Å². The molecule has 0 fully saturated rings. The zero-order valence-corrected chi connectivity index (χ0v) is 13.7. The summed E-state index contributed by atoms with van der Waals surface area (Å²) < 4.78 is 14.7. The lowest BCUT2D eigenvalue weighted by molar-refractivity contribution is 0.103. The standard InChI is InChI=1S/C17H17BrFNO/c1-3-20(4-2)16-10-9-12(18)11-14(16)17(21)13-7-5-6-8-15(13)19/h5-11H,3-4H2,1-2H3. The molecule has 0 heterocycles. The lowest BCUT2D eigenvalue weighted by Gasteiger charge is -2.24. The average molecular weight is 350 g/mol. The van der Waals surface area contributed by atoms with E-state index in [2.05, 4.69) is 20.8 Å². The van der Waals surface area contributed by atoms with Crippen molar-refractivity contribution >= 4 is 27.4 Å². The normalized spacial score (nSPS) is 10.5. The van der Waals surface area contributed by atoms with Crippen molar-refractivity contribution < 1.29 is 9.18 Å². The minimum Gasteiger partial charge on any atom is -0.371 e. The van der Waals surface area contributed by atoms with E-state index in [4.69, 9.17) is 0 Å². The topological polar surface area (TPSA) is 20.3 Å². The van der Waals surface area contributed by atoms with Gasteiger partial charge in [0, 0.05) is 28.8 Å². The number of rotatable bonds is 5. The average Bonchev–Trinajstić information content (AvgIpc) is 2.49. The highest BCUT2D eigenvalue weighted by Crippen LogP contribution is 2.27. The largest absolute Gasteiger partial charge is 0.371 e. The van der Waals surface area contributed by atoms with Crippen LogP contribution in [0.5, 0.6) is 0 Å². The molecule has 2 nitrogen and oxygen atoms in total. The van der Waals surface area contributed by atoms with E-state index in [9.17, 15) is 9.18 Å². The predicted octanol–water partition coefficient (Wildman–Crippen LogP) is 4.67. The number of carbonyl (C=O) groups excluding carboxylic acids is 1. The van der Waals surface area contributed by atoms with Crippen LogP contribution in [0, 0.1) is 5.82 Å². The molecule has 2 aromatic rings. The van der Waals surface area contributed by atoms with Gasteiger partial charge >= 0.3 is 0 Å². The molecular weight excluding hydrogens is 333 g/mol. The zero-order chi connectivity index (χ0) is 15.4. The second kappa shape index (κ2) is 6.85. The third-order valence-corrected chi connectivity index (χ3v) is 3.92. The fourth-order valence-electron chi connectivity index (χ4n) is 2.32. The maximum absolute atomic E-state index is 13.9. The van der Waals surface area contributed by atoms with Crippen molar-refractivity contribution in [3.8, 4) is 0 Å². The molecule has 0 bridgehead atoms. The molecule has 0 aliphatic heterocycles. The molecule has 2 aromatic carbocycles. The molecule has 2 rings (SSSR count). The van der Waals surface area contributed by atoms with E-state index in [-0.39, 0.29) is 11.3 Å². The summed E-state index contributed by atoms with van der Waals surface area (Å²) in [6.45, 7) is 5.64. The Balaban J connectivity index is 2.54. The first-order chi connectivity index (χ1) is 10.1. The molecule has 0 N–H and O–H groups in total. The van der Waals surface area contributed by atoms with Crippen molar-refractivity contribution in [2.24, 2.45) is 0 Å². The van der Waals surface area contributed by atoms with E-state index < -0.39 is 5.82 Å². The summed E-state index contributed by atoms with van der Waals surface area (Å²) in [6, 6.07) is 11.6. The third-order valence-electron chi connectivity index (χ3n) is 3.43. The van der Waals surface area contributed by atoms with Crippen LogP contribution in [0.25, 0.3) is 0 Å². The molecule has 0 saturated carbocycles. The van der Waals surface area contributed by atoms with Crippen LogP contribution < -0.4 is 4.90 Å². The zero-order valence-electron chi connectivity index (χ0n) is 12.1. The number of hydrogen-bond donors (Lipinski definition) is 0. The molecule has 0 radical (unpaired) electrons. The third kappa shape index (κ3) is 3.32. The van der Waals surface area contributed by atoms with Gasteiger partial charge in [0.1, 0.15) is 5.82 Å². The smallest absolute Gasteiger partial charge is 0.198 e. The Morgan fingerprint density at radius 2 is 1.76 bits per heavy atom. The van der Waals surface area contributed by atoms with Gasteiger partial charge in [-0.1, -0.05) is 28.1 Å². The molecule has 0 spiro atoms. The summed E-state index contributed by atoms with van der Waals surface area (Å²) >= 11 is 3.38. The fraction of sp³-hybridized carbons (Fsp3) is 0.235. The van der Waals surface area contributed by atoms with Crippen molar-refractivity contribution in [2.75, 3.05) is 18.0 Å². The first-order valence-electron chi connectivity index (χ1n) is 6.92. The molecule has 4 heteroatoms. The van der Waals surface area contributed by atoms with Gasteiger partial charge in [0.2, 0.25) is 0 Å². The van der Waals surface area contributed by atoms with Crippen LogP contribution in [0.4, 0.5) is 10.1 Å². The van der Waals surface area contributed by atoms with E-state index >= 15 is 0 Å². The highest BCUT2D eigenvalue weighted by atomic mass is 79.9. The van der Waals surface area contributed by atoms with Crippen molar-refractivity contribution in [3.05, 3.63) is 63.9 Å².